The van der Waals surface area contributed by atoms with E-state index in [9.17, 15) is 13.2 Å². The van der Waals surface area contributed by atoms with Crippen molar-refractivity contribution >= 4 is 39.5 Å². The van der Waals surface area contributed by atoms with E-state index in [1.54, 1.807) is 24.3 Å². The Morgan fingerprint density at radius 3 is 2.39 bits per heavy atom. The van der Waals surface area contributed by atoms with Gasteiger partial charge in [0.25, 0.3) is 0 Å². The molecule has 4 rings (SSSR count). The van der Waals surface area contributed by atoms with Crippen LogP contribution in [0.15, 0.2) is 88.4 Å². The molecule has 0 fully saturated rings. The summed E-state index contributed by atoms with van der Waals surface area (Å²) in [4.78, 5) is 17.0. The maximum atomic E-state index is 12.5. The van der Waals surface area contributed by atoms with Gasteiger partial charge in [-0.1, -0.05) is 70.9 Å². The molecule has 1 aliphatic heterocycles. The summed E-state index contributed by atoms with van der Waals surface area (Å²) in [5.74, 6) is -0.604. The van der Waals surface area contributed by atoms with Gasteiger partial charge in [0.15, 0.2) is 5.75 Å². The monoisotopic (exact) mass is 453 g/mol. The van der Waals surface area contributed by atoms with Gasteiger partial charge in [-0.05, 0) is 42.8 Å². The summed E-state index contributed by atoms with van der Waals surface area (Å²) in [7, 11) is -4.03. The molecular formula is C23H16ClNO5S. The summed E-state index contributed by atoms with van der Waals surface area (Å²) in [6, 6.07) is 20.0. The molecule has 0 aromatic heterocycles. The van der Waals surface area contributed by atoms with Gasteiger partial charge in [0.1, 0.15) is 10.6 Å². The lowest BCUT2D eigenvalue weighted by Crippen LogP contribution is -2.10. The molecule has 1 heterocycles. The fourth-order valence-corrected chi connectivity index (χ4v) is 4.15. The summed E-state index contributed by atoms with van der Waals surface area (Å²) in [5.41, 5.74) is 2.89. The Labute approximate surface area is 184 Å². The van der Waals surface area contributed by atoms with Crippen molar-refractivity contribution in [3.63, 3.8) is 0 Å². The van der Waals surface area contributed by atoms with Crippen molar-refractivity contribution in [2.24, 2.45) is 5.16 Å². The van der Waals surface area contributed by atoms with Gasteiger partial charge >= 0.3 is 16.1 Å². The molecule has 3 aromatic carbocycles. The third-order valence-corrected chi connectivity index (χ3v) is 6.06. The van der Waals surface area contributed by atoms with E-state index in [-0.39, 0.29) is 21.2 Å². The molecule has 0 amide bonds. The van der Waals surface area contributed by atoms with Gasteiger partial charge in [0, 0.05) is 5.56 Å². The molecule has 0 bridgehead atoms. The molecule has 0 radical (unpaired) electrons. The van der Waals surface area contributed by atoms with Crippen LogP contribution >= 0.6 is 11.6 Å². The number of hydrogen-bond acceptors (Lipinski definition) is 6. The quantitative estimate of drug-likeness (QED) is 0.316. The first-order valence-corrected chi connectivity index (χ1v) is 11.0. The molecule has 6 nitrogen and oxygen atoms in total. The second kappa shape index (κ2) is 8.37. The number of halogens is 1. The van der Waals surface area contributed by atoms with Gasteiger partial charge in [-0.15, -0.1) is 0 Å². The minimum absolute atomic E-state index is 0.0182. The van der Waals surface area contributed by atoms with Gasteiger partial charge in [0.2, 0.25) is 0 Å². The van der Waals surface area contributed by atoms with Crippen molar-refractivity contribution in [3.05, 3.63) is 100 Å². The van der Waals surface area contributed by atoms with Gasteiger partial charge < -0.3 is 9.02 Å². The number of benzene rings is 3. The van der Waals surface area contributed by atoms with Crippen LogP contribution in [0.1, 0.15) is 16.7 Å². The number of hydrogen-bond donors (Lipinski definition) is 0. The standard InChI is InChI=1S/C23H16ClNO5S/c1-15-7-10-18(11-8-15)31(27,28)30-21-12-9-16(14-20(21)24)13-19-22(25-29-23(19)26)17-5-3-2-4-6-17/h2-14H,1H3/b19-13-. The lowest BCUT2D eigenvalue weighted by atomic mass is 10.0. The Morgan fingerprint density at radius 2 is 1.71 bits per heavy atom. The topological polar surface area (TPSA) is 82.0 Å². The van der Waals surface area contributed by atoms with E-state index in [4.69, 9.17) is 20.6 Å². The van der Waals surface area contributed by atoms with Gasteiger partial charge in [-0.3, -0.25) is 0 Å². The van der Waals surface area contributed by atoms with Crippen LogP contribution in [0.4, 0.5) is 0 Å². The van der Waals surface area contributed by atoms with Gasteiger partial charge in [-0.25, -0.2) is 4.79 Å². The van der Waals surface area contributed by atoms with Crippen LogP contribution in [-0.2, 0) is 19.8 Å². The molecule has 0 saturated carbocycles. The smallest absolute Gasteiger partial charge is 0.368 e. The van der Waals surface area contributed by atoms with Crippen LogP contribution < -0.4 is 4.18 Å². The Bertz CT molecular complexity index is 1310. The van der Waals surface area contributed by atoms with Crippen molar-refractivity contribution in [1.82, 2.24) is 0 Å². The first-order chi connectivity index (χ1) is 14.8. The summed E-state index contributed by atoms with van der Waals surface area (Å²) in [6.07, 6.45) is 1.57. The van der Waals surface area contributed by atoms with E-state index in [1.165, 1.54) is 24.3 Å². The zero-order valence-corrected chi connectivity index (χ0v) is 17.9. The van der Waals surface area contributed by atoms with Gasteiger partial charge in [-0.2, -0.15) is 8.42 Å². The molecule has 31 heavy (non-hydrogen) atoms. The lowest BCUT2D eigenvalue weighted by molar-refractivity contribution is -0.136. The first kappa shape index (κ1) is 20.8. The maximum Gasteiger partial charge on any atom is 0.368 e. The Hall–Kier alpha value is -3.42. The van der Waals surface area contributed by atoms with Crippen molar-refractivity contribution < 1.29 is 22.2 Å². The molecule has 0 N–H and O–H groups in total. The largest absolute Gasteiger partial charge is 0.377 e. The number of nitrogens with zero attached hydrogens (tertiary/aromatic N) is 1. The third-order valence-electron chi connectivity index (χ3n) is 4.52. The molecule has 0 saturated heterocycles. The van der Waals surface area contributed by atoms with E-state index in [0.29, 0.717) is 11.3 Å². The summed E-state index contributed by atoms with van der Waals surface area (Å²) < 4.78 is 30.2. The fraction of sp³-hybridized carbons (Fsp3) is 0.0435. The lowest BCUT2D eigenvalue weighted by Gasteiger charge is -2.09. The number of rotatable bonds is 5. The van der Waals surface area contributed by atoms with Crippen LogP contribution in [0, 0.1) is 6.92 Å². The summed E-state index contributed by atoms with van der Waals surface area (Å²) in [6.45, 7) is 1.86. The third kappa shape index (κ3) is 4.52. The van der Waals surface area contributed by atoms with Crippen molar-refractivity contribution in [2.45, 2.75) is 11.8 Å². The Kier molecular flexibility index (Phi) is 5.63. The Morgan fingerprint density at radius 1 is 1.00 bits per heavy atom. The SMILES string of the molecule is Cc1ccc(S(=O)(=O)Oc2ccc(/C=C3\C(=O)ON=C3c3ccccc3)cc2Cl)cc1. The van der Waals surface area contributed by atoms with E-state index in [1.807, 2.05) is 37.3 Å². The van der Waals surface area contributed by atoms with Crippen LogP contribution in [0.25, 0.3) is 6.08 Å². The highest BCUT2D eigenvalue weighted by Gasteiger charge is 2.27. The maximum absolute atomic E-state index is 12.5. The average Bonchev–Trinajstić information content (AvgIpc) is 3.11. The van der Waals surface area contributed by atoms with Crippen LogP contribution in [0.5, 0.6) is 5.75 Å². The second-order valence-electron chi connectivity index (χ2n) is 6.78. The Balaban J connectivity index is 1.61. The minimum Gasteiger partial charge on any atom is -0.377 e. The van der Waals surface area contributed by atoms with Crippen LogP contribution in [0.3, 0.4) is 0 Å². The van der Waals surface area contributed by atoms with E-state index in [0.717, 1.165) is 11.1 Å². The van der Waals surface area contributed by atoms with Crippen molar-refractivity contribution in [1.29, 1.82) is 0 Å². The number of aryl methyl sites for hydroxylation is 1. The molecule has 3 aromatic rings. The zero-order chi connectivity index (χ0) is 22.0. The first-order valence-electron chi connectivity index (χ1n) is 9.21. The average molecular weight is 454 g/mol. The van der Waals surface area contributed by atoms with Crippen LogP contribution in [0.2, 0.25) is 5.02 Å². The molecule has 0 spiro atoms. The molecule has 0 unspecified atom stereocenters. The molecule has 8 heteroatoms. The summed E-state index contributed by atoms with van der Waals surface area (Å²) >= 11 is 6.26. The van der Waals surface area contributed by atoms with Crippen molar-refractivity contribution in [2.75, 3.05) is 0 Å². The van der Waals surface area contributed by atoms with Crippen LogP contribution in [-0.4, -0.2) is 20.1 Å². The predicted molar refractivity (Wildman–Crippen MR) is 117 cm³/mol. The van der Waals surface area contributed by atoms with Gasteiger partial charge in [0.05, 0.1) is 10.6 Å². The molecule has 0 atom stereocenters. The molecular weight excluding hydrogens is 438 g/mol. The van der Waals surface area contributed by atoms with E-state index < -0.39 is 16.1 Å². The fourth-order valence-electron chi connectivity index (χ4n) is 2.93. The normalized spacial score (nSPS) is 15.0. The molecule has 0 aliphatic carbocycles. The number of oxime groups is 1. The predicted octanol–water partition coefficient (Wildman–Crippen LogP) is 4.76. The molecule has 156 valence electrons. The number of carbonyl (C=O) groups is 1. The zero-order valence-electron chi connectivity index (χ0n) is 16.3. The minimum atomic E-state index is -4.03. The van der Waals surface area contributed by atoms with Crippen molar-refractivity contribution in [3.8, 4) is 5.75 Å². The highest BCUT2D eigenvalue weighted by Crippen LogP contribution is 2.30. The number of carbonyl (C=O) groups excluding carboxylic acids is 1. The molecule has 1 aliphatic rings. The second-order valence-corrected chi connectivity index (χ2v) is 8.74. The van der Waals surface area contributed by atoms with E-state index >= 15 is 0 Å². The summed E-state index contributed by atoms with van der Waals surface area (Å²) in [5, 5.41) is 3.93. The van der Waals surface area contributed by atoms with E-state index in [2.05, 4.69) is 5.16 Å². The highest BCUT2D eigenvalue weighted by atomic mass is 35.5. The highest BCUT2D eigenvalue weighted by molar-refractivity contribution is 7.87.